The molecule has 2 N–H and O–H groups in total. The van der Waals surface area contributed by atoms with Crippen LogP contribution in [-0.4, -0.2) is 30.3 Å². The molecule has 126 valence electrons. The third-order valence-electron chi connectivity index (χ3n) is 3.39. The number of rotatable bonds is 2. The van der Waals surface area contributed by atoms with Crippen LogP contribution in [-0.2, 0) is 9.59 Å². The predicted molar refractivity (Wildman–Crippen MR) is 84.3 cm³/mol. The van der Waals surface area contributed by atoms with Gasteiger partial charge in [-0.05, 0) is 31.9 Å². The molecule has 23 heavy (non-hydrogen) atoms. The lowest BCUT2D eigenvalue weighted by Crippen LogP contribution is -2.50. The van der Waals surface area contributed by atoms with Crippen LogP contribution < -0.4 is 10.9 Å². The van der Waals surface area contributed by atoms with Gasteiger partial charge in [0.05, 0.1) is 5.69 Å². The van der Waals surface area contributed by atoms with Crippen LogP contribution in [0.15, 0.2) is 30.9 Å². The molecular formula is C16H21F2N3O2. The third-order valence-corrected chi connectivity index (χ3v) is 3.39. The highest BCUT2D eigenvalue weighted by molar-refractivity contribution is 6.07. The third kappa shape index (κ3) is 4.35. The number of carbonyl (C=O) groups is 2. The summed E-state index contributed by atoms with van der Waals surface area (Å²) in [6.07, 6.45) is 2.77. The summed E-state index contributed by atoms with van der Waals surface area (Å²) in [7, 11) is 1.59. The molecule has 0 aliphatic carbocycles. The minimum absolute atomic E-state index is 0.353. The fraction of sp³-hybridized carbons (Fsp3) is 0.375. The lowest BCUT2D eigenvalue weighted by Gasteiger charge is -2.30. The Morgan fingerprint density at radius 2 is 2.09 bits per heavy atom. The molecule has 0 bridgehead atoms. The molecule has 0 unspecified atom stereocenters. The van der Waals surface area contributed by atoms with E-state index in [-0.39, 0.29) is 11.6 Å². The molecule has 0 saturated carbocycles. The van der Waals surface area contributed by atoms with E-state index in [1.165, 1.54) is 17.0 Å². The Morgan fingerprint density at radius 3 is 2.70 bits per heavy atom. The van der Waals surface area contributed by atoms with Crippen LogP contribution in [0.4, 0.5) is 14.5 Å². The van der Waals surface area contributed by atoms with E-state index in [0.29, 0.717) is 24.4 Å². The average Bonchev–Trinajstić information content (AvgIpc) is 2.52. The van der Waals surface area contributed by atoms with E-state index in [1.807, 2.05) is 6.92 Å². The maximum Gasteiger partial charge on any atom is 0.253 e. The molecule has 1 heterocycles. The fourth-order valence-electron chi connectivity index (χ4n) is 2.23. The van der Waals surface area contributed by atoms with Gasteiger partial charge < -0.3 is 4.90 Å². The minimum atomic E-state index is -1.21. The number of nitrogens with zero attached hydrogens (tertiary/aromatic N) is 2. The number of allylic oxidation sites excluding steroid dienone is 1. The molecule has 1 fully saturated rings. The van der Waals surface area contributed by atoms with Crippen molar-refractivity contribution in [2.24, 2.45) is 11.8 Å². The van der Waals surface area contributed by atoms with E-state index in [4.69, 9.17) is 5.84 Å². The number of hydrogen-bond acceptors (Lipinski definition) is 3. The summed E-state index contributed by atoms with van der Waals surface area (Å²) in [6.45, 7) is 5.82. The number of carbonyl (C=O) groups excluding carboxylic acids is 2. The summed E-state index contributed by atoms with van der Waals surface area (Å²) in [6, 6.07) is 3.36. The van der Waals surface area contributed by atoms with Gasteiger partial charge in [-0.1, -0.05) is 12.1 Å². The second kappa shape index (κ2) is 8.38. The Bertz CT molecular complexity index is 593. The lowest BCUT2D eigenvalue weighted by atomic mass is 9.96. The Kier molecular flexibility index (Phi) is 6.84. The van der Waals surface area contributed by atoms with Crippen molar-refractivity contribution in [3.05, 3.63) is 42.5 Å². The number of hydrogen-bond donors (Lipinski definition) is 1. The lowest BCUT2D eigenvalue weighted by molar-refractivity contribution is -0.142. The molecule has 7 heteroatoms. The topological polar surface area (TPSA) is 66.6 Å². The quantitative estimate of drug-likeness (QED) is 0.298. The highest BCUT2D eigenvalue weighted by atomic mass is 19.2. The molecule has 1 saturated heterocycles. The number of anilines is 1. The van der Waals surface area contributed by atoms with Crippen molar-refractivity contribution in [1.82, 2.24) is 4.90 Å². The van der Waals surface area contributed by atoms with Gasteiger partial charge in [0.2, 0.25) is 5.91 Å². The molecule has 1 aromatic carbocycles. The van der Waals surface area contributed by atoms with Crippen molar-refractivity contribution >= 4 is 17.5 Å². The van der Waals surface area contributed by atoms with Gasteiger partial charge in [0.1, 0.15) is 5.92 Å². The highest BCUT2D eigenvalue weighted by Gasteiger charge is 2.35. The maximum atomic E-state index is 13.6. The smallest absolute Gasteiger partial charge is 0.253 e. The molecule has 0 radical (unpaired) electrons. The van der Waals surface area contributed by atoms with E-state index in [1.54, 1.807) is 13.1 Å². The summed E-state index contributed by atoms with van der Waals surface area (Å²) in [4.78, 5) is 25.5. The Balaban J connectivity index is 0.000000816. The van der Waals surface area contributed by atoms with Crippen molar-refractivity contribution in [3.63, 3.8) is 0 Å². The molecule has 0 aromatic heterocycles. The van der Waals surface area contributed by atoms with E-state index >= 15 is 0 Å². The molecule has 0 spiro atoms. The monoisotopic (exact) mass is 325 g/mol. The number of piperidine rings is 1. The zero-order valence-corrected chi connectivity index (χ0v) is 13.3. The van der Waals surface area contributed by atoms with Crippen LogP contribution in [0, 0.1) is 17.6 Å². The van der Waals surface area contributed by atoms with Gasteiger partial charge in [-0.3, -0.25) is 9.59 Å². The van der Waals surface area contributed by atoms with Gasteiger partial charge in [-0.25, -0.2) is 19.6 Å². The van der Waals surface area contributed by atoms with Gasteiger partial charge in [0.25, 0.3) is 5.91 Å². The highest BCUT2D eigenvalue weighted by Crippen LogP contribution is 2.24. The first-order valence-corrected chi connectivity index (χ1v) is 7.19. The normalized spacial score (nSPS) is 17.2. The number of amides is 2. The number of likely N-dealkylation sites (tertiary alicyclic amines) is 1. The first kappa shape index (κ1) is 18.8. The Morgan fingerprint density at radius 1 is 1.48 bits per heavy atom. The SMILES string of the molecule is C=CC.CN1CCC[C@@H](C(=O)N(N)c2cccc(F)c2F)C1=O. The van der Waals surface area contributed by atoms with E-state index in [0.717, 1.165) is 6.07 Å². The van der Waals surface area contributed by atoms with Gasteiger partial charge >= 0.3 is 0 Å². The summed E-state index contributed by atoms with van der Waals surface area (Å²) in [5.74, 6) is 1.22. The van der Waals surface area contributed by atoms with Crippen molar-refractivity contribution in [2.75, 3.05) is 18.6 Å². The largest absolute Gasteiger partial charge is 0.345 e. The van der Waals surface area contributed by atoms with E-state index in [2.05, 4.69) is 6.58 Å². The second-order valence-corrected chi connectivity index (χ2v) is 5.14. The van der Waals surface area contributed by atoms with Crippen LogP contribution in [0.2, 0.25) is 0 Å². The molecule has 1 aromatic rings. The molecule has 2 rings (SSSR count). The first-order valence-electron chi connectivity index (χ1n) is 7.19. The van der Waals surface area contributed by atoms with Gasteiger partial charge in [0, 0.05) is 13.6 Å². The summed E-state index contributed by atoms with van der Waals surface area (Å²) < 4.78 is 26.7. The first-order chi connectivity index (χ1) is 10.8. The second-order valence-electron chi connectivity index (χ2n) is 5.14. The van der Waals surface area contributed by atoms with Crippen LogP contribution in [0.3, 0.4) is 0 Å². The number of benzene rings is 1. The van der Waals surface area contributed by atoms with Crippen molar-refractivity contribution in [1.29, 1.82) is 0 Å². The molecule has 2 amide bonds. The fourth-order valence-corrected chi connectivity index (χ4v) is 2.23. The number of nitrogens with two attached hydrogens (primary N) is 1. The Hall–Kier alpha value is -2.28. The molecular weight excluding hydrogens is 304 g/mol. The number of hydrazine groups is 1. The van der Waals surface area contributed by atoms with Crippen LogP contribution in [0.25, 0.3) is 0 Å². The summed E-state index contributed by atoms with van der Waals surface area (Å²) in [5.41, 5.74) is -0.379. The van der Waals surface area contributed by atoms with Crippen LogP contribution >= 0.6 is 0 Å². The van der Waals surface area contributed by atoms with E-state index < -0.39 is 23.5 Å². The number of halogens is 2. The van der Waals surface area contributed by atoms with Crippen LogP contribution in [0.1, 0.15) is 19.8 Å². The minimum Gasteiger partial charge on any atom is -0.345 e. The van der Waals surface area contributed by atoms with Crippen molar-refractivity contribution in [2.45, 2.75) is 19.8 Å². The predicted octanol–water partition coefficient (Wildman–Crippen LogP) is 2.23. The molecule has 5 nitrogen and oxygen atoms in total. The molecule has 1 aliphatic heterocycles. The van der Waals surface area contributed by atoms with Gasteiger partial charge in [-0.15, -0.1) is 6.58 Å². The zero-order chi connectivity index (χ0) is 17.6. The standard InChI is InChI=1S/C13H15F2N3O2.C3H6/c1-17-7-3-4-8(12(17)19)13(20)18(16)10-6-2-5-9(14)11(10)15;1-3-2/h2,5-6,8H,3-4,7,16H2,1H3;3H,1H2,2H3/t8-;/m1./s1. The average molecular weight is 325 g/mol. The zero-order valence-electron chi connectivity index (χ0n) is 13.3. The summed E-state index contributed by atoms with van der Waals surface area (Å²) in [5, 5.41) is 0.514. The van der Waals surface area contributed by atoms with Gasteiger partial charge in [-0.2, -0.15) is 0 Å². The molecule has 1 atom stereocenters. The van der Waals surface area contributed by atoms with Crippen molar-refractivity contribution in [3.8, 4) is 0 Å². The summed E-state index contributed by atoms with van der Waals surface area (Å²) >= 11 is 0. The maximum absolute atomic E-state index is 13.6. The van der Waals surface area contributed by atoms with Crippen molar-refractivity contribution < 1.29 is 18.4 Å². The van der Waals surface area contributed by atoms with Crippen LogP contribution in [0.5, 0.6) is 0 Å². The molecule has 1 aliphatic rings. The Labute approximate surface area is 134 Å². The van der Waals surface area contributed by atoms with Gasteiger partial charge in [0.15, 0.2) is 11.6 Å². The van der Waals surface area contributed by atoms with E-state index in [9.17, 15) is 18.4 Å².